The minimum atomic E-state index is -4.49. The number of amides is 2. The molecule has 4 N–H and O–H groups in total. The molecule has 3 rings (SSSR count). The Bertz CT molecular complexity index is 914. The monoisotopic (exact) mass is 447 g/mol. The number of alkyl halides is 3. The highest BCUT2D eigenvalue weighted by Crippen LogP contribution is 2.51. The first-order valence-electron chi connectivity index (χ1n) is 10.8. The van der Waals surface area contributed by atoms with Crippen molar-refractivity contribution in [1.29, 1.82) is 0 Å². The molecule has 0 aromatic heterocycles. The molecule has 5 nitrogen and oxygen atoms in total. The van der Waals surface area contributed by atoms with Crippen molar-refractivity contribution in [2.45, 2.75) is 43.7 Å². The number of fused-ring (bicyclic) bond motifs is 3. The second kappa shape index (κ2) is 10.2. The molecule has 0 atom stereocenters. The number of carbonyl (C=O) groups excluding carboxylic acids is 2. The van der Waals surface area contributed by atoms with Gasteiger partial charge in [-0.15, -0.1) is 0 Å². The van der Waals surface area contributed by atoms with Gasteiger partial charge in [-0.05, 0) is 35.1 Å². The summed E-state index contributed by atoms with van der Waals surface area (Å²) in [6.45, 7) is -0.579. The maximum atomic E-state index is 13.3. The summed E-state index contributed by atoms with van der Waals surface area (Å²) >= 11 is 0. The fourth-order valence-electron chi connectivity index (χ4n) is 4.42. The lowest BCUT2D eigenvalue weighted by atomic mass is 9.73. The van der Waals surface area contributed by atoms with E-state index < -0.39 is 24.0 Å². The van der Waals surface area contributed by atoms with Gasteiger partial charge in [0.2, 0.25) is 11.8 Å². The van der Waals surface area contributed by atoms with Crippen LogP contribution in [-0.2, 0) is 15.0 Å². The molecule has 0 heterocycles. The Morgan fingerprint density at radius 2 is 1.47 bits per heavy atom. The summed E-state index contributed by atoms with van der Waals surface area (Å²) in [4.78, 5) is 24.9. The smallest absolute Gasteiger partial charge is 0.356 e. The Balaban J connectivity index is 1.81. The molecule has 172 valence electrons. The van der Waals surface area contributed by atoms with Crippen LogP contribution >= 0.6 is 0 Å². The van der Waals surface area contributed by atoms with E-state index in [1.807, 2.05) is 48.5 Å². The molecule has 32 heavy (non-hydrogen) atoms. The molecule has 0 radical (unpaired) electrons. The van der Waals surface area contributed by atoms with Gasteiger partial charge in [-0.1, -0.05) is 61.4 Å². The van der Waals surface area contributed by atoms with Gasteiger partial charge in [-0.25, -0.2) is 0 Å². The summed E-state index contributed by atoms with van der Waals surface area (Å²) < 4.78 is 38.6. The van der Waals surface area contributed by atoms with Gasteiger partial charge in [0.05, 0.1) is 0 Å². The first-order valence-corrected chi connectivity index (χ1v) is 10.8. The number of unbranched alkanes of at least 4 members (excludes halogenated alkanes) is 2. The Morgan fingerprint density at radius 1 is 0.875 bits per heavy atom. The second-order valence-electron chi connectivity index (χ2n) is 7.99. The molecule has 0 fully saturated rings. The maximum absolute atomic E-state index is 13.3. The summed E-state index contributed by atoms with van der Waals surface area (Å²) in [6, 6.07) is 14.8. The number of rotatable bonds is 10. The number of nitrogens with two attached hydrogens (primary N) is 1. The topological polar surface area (TPSA) is 84.2 Å². The van der Waals surface area contributed by atoms with Crippen LogP contribution in [0.2, 0.25) is 0 Å². The lowest BCUT2D eigenvalue weighted by Crippen LogP contribution is -2.47. The van der Waals surface area contributed by atoms with Crippen LogP contribution in [0, 0.1) is 0 Å². The Morgan fingerprint density at radius 3 is 2.03 bits per heavy atom. The number of hydrogen-bond acceptors (Lipinski definition) is 3. The van der Waals surface area contributed by atoms with Crippen LogP contribution in [0.25, 0.3) is 11.1 Å². The van der Waals surface area contributed by atoms with E-state index in [1.165, 1.54) is 0 Å². The lowest BCUT2D eigenvalue weighted by Gasteiger charge is -2.31. The molecular formula is C24H28F3N3O2. The van der Waals surface area contributed by atoms with E-state index in [-0.39, 0.29) is 12.3 Å². The average molecular weight is 448 g/mol. The quantitative estimate of drug-likeness (QED) is 0.486. The van der Waals surface area contributed by atoms with Crippen molar-refractivity contribution in [2.24, 2.45) is 5.73 Å². The van der Waals surface area contributed by atoms with E-state index in [0.29, 0.717) is 32.4 Å². The average Bonchev–Trinajstić information content (AvgIpc) is 3.05. The van der Waals surface area contributed by atoms with Gasteiger partial charge in [0.1, 0.15) is 12.0 Å². The van der Waals surface area contributed by atoms with E-state index in [1.54, 1.807) is 0 Å². The van der Waals surface area contributed by atoms with Gasteiger partial charge in [-0.2, -0.15) is 13.2 Å². The van der Waals surface area contributed by atoms with Crippen molar-refractivity contribution in [1.82, 2.24) is 10.6 Å². The van der Waals surface area contributed by atoms with Gasteiger partial charge in [0, 0.05) is 19.5 Å². The molecule has 1 aliphatic carbocycles. The summed E-state index contributed by atoms with van der Waals surface area (Å²) in [6.07, 6.45) is -1.79. The van der Waals surface area contributed by atoms with Crippen molar-refractivity contribution in [3.05, 3.63) is 59.7 Å². The van der Waals surface area contributed by atoms with Crippen LogP contribution in [0.15, 0.2) is 48.5 Å². The van der Waals surface area contributed by atoms with E-state index >= 15 is 0 Å². The highest BCUT2D eigenvalue weighted by atomic mass is 19.4. The van der Waals surface area contributed by atoms with Crippen LogP contribution in [0.4, 0.5) is 13.2 Å². The molecule has 0 spiro atoms. The van der Waals surface area contributed by atoms with Crippen LogP contribution in [-0.4, -0.2) is 37.6 Å². The number of hydrogen-bond donors (Lipinski definition) is 3. The number of benzene rings is 2. The zero-order valence-electron chi connectivity index (χ0n) is 17.8. The van der Waals surface area contributed by atoms with Crippen molar-refractivity contribution in [3.8, 4) is 11.1 Å². The third-order valence-electron chi connectivity index (χ3n) is 5.82. The molecular weight excluding hydrogens is 419 g/mol. The van der Waals surface area contributed by atoms with Crippen LogP contribution < -0.4 is 16.4 Å². The molecule has 0 saturated heterocycles. The predicted molar refractivity (Wildman–Crippen MR) is 117 cm³/mol. The van der Waals surface area contributed by atoms with E-state index in [0.717, 1.165) is 28.7 Å². The van der Waals surface area contributed by atoms with Gasteiger partial charge < -0.3 is 16.4 Å². The van der Waals surface area contributed by atoms with Crippen LogP contribution in [0.1, 0.15) is 43.2 Å². The Hall–Kier alpha value is -2.87. The summed E-state index contributed by atoms with van der Waals surface area (Å²) in [5.41, 5.74) is 7.39. The van der Waals surface area contributed by atoms with Gasteiger partial charge in [0.25, 0.3) is 0 Å². The van der Waals surface area contributed by atoms with Crippen molar-refractivity contribution >= 4 is 11.8 Å². The van der Waals surface area contributed by atoms with E-state index in [2.05, 4.69) is 10.6 Å². The van der Waals surface area contributed by atoms with Gasteiger partial charge in [0.15, 0.2) is 0 Å². The number of carbonyl (C=O) groups is 2. The molecule has 0 bridgehead atoms. The second-order valence-corrected chi connectivity index (χ2v) is 7.99. The van der Waals surface area contributed by atoms with Crippen LogP contribution in [0.3, 0.4) is 0 Å². The van der Waals surface area contributed by atoms with E-state index in [4.69, 9.17) is 5.73 Å². The number of halogens is 3. The van der Waals surface area contributed by atoms with E-state index in [9.17, 15) is 22.8 Å². The minimum absolute atomic E-state index is 0.103. The highest BCUT2D eigenvalue weighted by molar-refractivity contribution is 6.00. The molecule has 1 aliphatic rings. The van der Waals surface area contributed by atoms with Crippen molar-refractivity contribution in [2.75, 3.05) is 19.6 Å². The molecule has 0 aliphatic heterocycles. The first kappa shape index (κ1) is 23.8. The zero-order chi connectivity index (χ0) is 23.2. The van der Waals surface area contributed by atoms with Gasteiger partial charge in [-0.3, -0.25) is 9.59 Å². The van der Waals surface area contributed by atoms with Gasteiger partial charge >= 0.3 is 6.18 Å². The van der Waals surface area contributed by atoms with Crippen molar-refractivity contribution < 1.29 is 22.8 Å². The third kappa shape index (κ3) is 5.12. The number of nitrogens with one attached hydrogen (secondary N) is 2. The minimum Gasteiger partial charge on any atom is -0.356 e. The first-order chi connectivity index (χ1) is 15.3. The Kier molecular flexibility index (Phi) is 7.56. The standard InChI is InChI=1S/C24H28F3N3O2/c25-24(26,27)16-30-22(32)23(13-6-1-7-15-29-21(31)12-14-28)19-10-4-2-8-17(19)18-9-3-5-11-20(18)23/h2-5,8-11H,1,6-7,12-16,28H2,(H,29,31)(H,30,32). The molecule has 2 aromatic carbocycles. The molecule has 2 aromatic rings. The highest BCUT2D eigenvalue weighted by Gasteiger charge is 2.49. The Labute approximate surface area is 185 Å². The summed E-state index contributed by atoms with van der Waals surface area (Å²) in [5, 5.41) is 4.92. The normalized spacial score (nSPS) is 13.9. The largest absolute Gasteiger partial charge is 0.405 e. The maximum Gasteiger partial charge on any atom is 0.405 e. The predicted octanol–water partition coefficient (Wildman–Crippen LogP) is 3.66. The summed E-state index contributed by atoms with van der Waals surface area (Å²) in [7, 11) is 0. The molecule has 8 heteroatoms. The van der Waals surface area contributed by atoms with Crippen LogP contribution in [0.5, 0.6) is 0 Å². The summed E-state index contributed by atoms with van der Waals surface area (Å²) in [5.74, 6) is -0.738. The molecule has 2 amide bonds. The zero-order valence-corrected chi connectivity index (χ0v) is 17.8. The molecule has 0 saturated carbocycles. The SMILES string of the molecule is NCCC(=O)NCCCCCC1(C(=O)NCC(F)(F)F)c2ccccc2-c2ccccc21. The fourth-order valence-corrected chi connectivity index (χ4v) is 4.42. The fraction of sp³-hybridized carbons (Fsp3) is 0.417. The third-order valence-corrected chi connectivity index (χ3v) is 5.82. The lowest BCUT2D eigenvalue weighted by molar-refractivity contribution is -0.141. The molecule has 0 unspecified atom stereocenters. The van der Waals surface area contributed by atoms with Crippen molar-refractivity contribution in [3.63, 3.8) is 0 Å².